The molecule has 0 radical (unpaired) electrons. The van der Waals surface area contributed by atoms with Gasteiger partial charge in [0.05, 0.1) is 22.2 Å². The van der Waals surface area contributed by atoms with Gasteiger partial charge in [-0.2, -0.15) is 0 Å². The van der Waals surface area contributed by atoms with E-state index in [1.807, 2.05) is 6.92 Å². The molecule has 0 unspecified atom stereocenters. The molecule has 0 fully saturated rings. The van der Waals surface area contributed by atoms with Crippen molar-refractivity contribution < 1.29 is 14.3 Å². The number of allylic oxidation sites excluding steroid dienone is 1. The molecule has 0 saturated carbocycles. The van der Waals surface area contributed by atoms with Crippen molar-refractivity contribution >= 4 is 35.1 Å². The van der Waals surface area contributed by atoms with E-state index in [-0.39, 0.29) is 11.5 Å². The van der Waals surface area contributed by atoms with Gasteiger partial charge in [-0.3, -0.25) is 4.79 Å². The highest BCUT2D eigenvalue weighted by Crippen LogP contribution is 2.35. The van der Waals surface area contributed by atoms with Crippen molar-refractivity contribution in [1.82, 2.24) is 0 Å². The van der Waals surface area contributed by atoms with Crippen LogP contribution >= 0.6 is 23.2 Å². The van der Waals surface area contributed by atoms with E-state index in [9.17, 15) is 4.79 Å². The highest BCUT2D eigenvalue weighted by atomic mass is 35.5. The van der Waals surface area contributed by atoms with Crippen LogP contribution in [0.15, 0.2) is 42.2 Å². The number of benzene rings is 2. The van der Waals surface area contributed by atoms with Crippen molar-refractivity contribution in [3.05, 3.63) is 63.3 Å². The second-order valence-electron chi connectivity index (χ2n) is 4.70. The monoisotopic (exact) mass is 334 g/mol. The van der Waals surface area contributed by atoms with E-state index in [1.54, 1.807) is 42.5 Å². The Balaban J connectivity index is 1.92. The summed E-state index contributed by atoms with van der Waals surface area (Å²) in [7, 11) is 0. The third-order valence-corrected chi connectivity index (χ3v) is 3.93. The first-order chi connectivity index (χ1) is 10.6. The van der Waals surface area contributed by atoms with Gasteiger partial charge in [0.2, 0.25) is 5.78 Å². The quantitative estimate of drug-likeness (QED) is 0.740. The van der Waals surface area contributed by atoms with Crippen molar-refractivity contribution in [3.63, 3.8) is 0 Å². The van der Waals surface area contributed by atoms with Crippen molar-refractivity contribution in [3.8, 4) is 11.5 Å². The summed E-state index contributed by atoms with van der Waals surface area (Å²) in [5.41, 5.74) is 1.27. The number of Topliss-reactive ketones (excluding diaryl/α,β-unsaturated/α-hetero) is 1. The molecule has 1 aliphatic heterocycles. The molecule has 0 atom stereocenters. The Hall–Kier alpha value is -1.97. The smallest absolute Gasteiger partial charge is 0.231 e. The maximum Gasteiger partial charge on any atom is 0.231 e. The number of halogens is 2. The standard InChI is InChI=1S/C17H12Cl2O3/c1-2-21-11-4-5-12-15(9-11)22-16(17(12)20)8-10-3-6-13(18)14(19)7-10/h3-9H,2H2,1H3. The number of ether oxygens (including phenoxy) is 2. The molecule has 1 heterocycles. The predicted molar refractivity (Wildman–Crippen MR) is 87.0 cm³/mol. The summed E-state index contributed by atoms with van der Waals surface area (Å²) in [6, 6.07) is 10.3. The topological polar surface area (TPSA) is 35.5 Å². The third-order valence-electron chi connectivity index (χ3n) is 3.19. The predicted octanol–water partition coefficient (Wildman–Crippen LogP) is 5.01. The lowest BCUT2D eigenvalue weighted by atomic mass is 10.1. The Morgan fingerprint density at radius 3 is 2.68 bits per heavy atom. The zero-order valence-electron chi connectivity index (χ0n) is 11.7. The first-order valence-electron chi connectivity index (χ1n) is 6.74. The molecule has 22 heavy (non-hydrogen) atoms. The van der Waals surface area contributed by atoms with Crippen LogP contribution in [0.2, 0.25) is 10.0 Å². The Bertz CT molecular complexity index is 781. The number of rotatable bonds is 3. The van der Waals surface area contributed by atoms with Crippen molar-refractivity contribution in [2.24, 2.45) is 0 Å². The number of fused-ring (bicyclic) bond motifs is 1. The normalized spacial score (nSPS) is 14.9. The maximum absolute atomic E-state index is 12.3. The van der Waals surface area contributed by atoms with Crippen LogP contribution in [0, 0.1) is 0 Å². The lowest BCUT2D eigenvalue weighted by Crippen LogP contribution is -1.98. The molecule has 0 spiro atoms. The first kappa shape index (κ1) is 14.9. The minimum absolute atomic E-state index is 0.163. The molecular weight excluding hydrogens is 323 g/mol. The SMILES string of the molecule is CCOc1ccc2c(c1)OC(=Cc1ccc(Cl)c(Cl)c1)C2=O. The van der Waals surface area contributed by atoms with Gasteiger partial charge in [0.25, 0.3) is 0 Å². The minimum atomic E-state index is -0.163. The lowest BCUT2D eigenvalue weighted by molar-refractivity contribution is 0.101. The van der Waals surface area contributed by atoms with E-state index in [0.29, 0.717) is 33.7 Å². The fourth-order valence-electron chi connectivity index (χ4n) is 2.18. The van der Waals surface area contributed by atoms with Gasteiger partial charge < -0.3 is 9.47 Å². The van der Waals surface area contributed by atoms with Crippen LogP contribution in [-0.2, 0) is 0 Å². The molecule has 0 aromatic heterocycles. The average molecular weight is 335 g/mol. The molecule has 0 N–H and O–H groups in total. The molecule has 0 bridgehead atoms. The molecule has 2 aromatic rings. The number of hydrogen-bond acceptors (Lipinski definition) is 3. The third kappa shape index (κ3) is 2.82. The van der Waals surface area contributed by atoms with E-state index in [1.165, 1.54) is 0 Å². The molecule has 1 aliphatic rings. The molecule has 0 saturated heterocycles. The summed E-state index contributed by atoms with van der Waals surface area (Å²) in [4.78, 5) is 12.3. The summed E-state index contributed by atoms with van der Waals surface area (Å²) >= 11 is 11.9. The minimum Gasteiger partial charge on any atom is -0.494 e. The van der Waals surface area contributed by atoms with Crippen LogP contribution in [0.4, 0.5) is 0 Å². The molecule has 3 nitrogen and oxygen atoms in total. The highest BCUT2D eigenvalue weighted by molar-refractivity contribution is 6.42. The summed E-state index contributed by atoms with van der Waals surface area (Å²) < 4.78 is 11.0. The van der Waals surface area contributed by atoms with Gasteiger partial charge in [-0.25, -0.2) is 0 Å². The summed E-state index contributed by atoms with van der Waals surface area (Å²) in [5, 5.41) is 0.893. The van der Waals surface area contributed by atoms with Gasteiger partial charge in [0.15, 0.2) is 5.76 Å². The van der Waals surface area contributed by atoms with Crippen LogP contribution in [0.3, 0.4) is 0 Å². The summed E-state index contributed by atoms with van der Waals surface area (Å²) in [6.45, 7) is 2.45. The Morgan fingerprint density at radius 2 is 1.95 bits per heavy atom. The van der Waals surface area contributed by atoms with Crippen molar-refractivity contribution in [2.45, 2.75) is 6.92 Å². The Kier molecular flexibility index (Phi) is 4.10. The van der Waals surface area contributed by atoms with Gasteiger partial charge in [0.1, 0.15) is 11.5 Å². The van der Waals surface area contributed by atoms with Crippen LogP contribution in [0.1, 0.15) is 22.8 Å². The van der Waals surface area contributed by atoms with E-state index in [2.05, 4.69) is 0 Å². The van der Waals surface area contributed by atoms with Gasteiger partial charge in [0, 0.05) is 6.07 Å². The van der Waals surface area contributed by atoms with Gasteiger partial charge >= 0.3 is 0 Å². The van der Waals surface area contributed by atoms with Crippen LogP contribution in [0.25, 0.3) is 6.08 Å². The molecule has 3 rings (SSSR count). The summed E-state index contributed by atoms with van der Waals surface area (Å²) in [5.74, 6) is 1.26. The number of carbonyl (C=O) groups excluding carboxylic acids is 1. The largest absolute Gasteiger partial charge is 0.494 e. The van der Waals surface area contributed by atoms with E-state index < -0.39 is 0 Å². The average Bonchev–Trinajstić information content (AvgIpc) is 2.79. The Labute approximate surface area is 138 Å². The molecule has 112 valence electrons. The van der Waals surface area contributed by atoms with E-state index in [0.717, 1.165) is 5.56 Å². The molecule has 5 heteroatoms. The number of ketones is 1. The van der Waals surface area contributed by atoms with Crippen LogP contribution in [0.5, 0.6) is 11.5 Å². The fourth-order valence-corrected chi connectivity index (χ4v) is 2.48. The van der Waals surface area contributed by atoms with Crippen LogP contribution in [-0.4, -0.2) is 12.4 Å². The van der Waals surface area contributed by atoms with Crippen LogP contribution < -0.4 is 9.47 Å². The lowest BCUT2D eigenvalue weighted by Gasteiger charge is -2.04. The molecular formula is C17H12Cl2O3. The van der Waals surface area contributed by atoms with E-state index >= 15 is 0 Å². The second-order valence-corrected chi connectivity index (χ2v) is 5.52. The van der Waals surface area contributed by atoms with Gasteiger partial charge in [-0.15, -0.1) is 0 Å². The zero-order chi connectivity index (χ0) is 15.7. The fraction of sp³-hybridized carbons (Fsp3) is 0.118. The molecule has 2 aromatic carbocycles. The highest BCUT2D eigenvalue weighted by Gasteiger charge is 2.27. The van der Waals surface area contributed by atoms with Crippen molar-refractivity contribution in [1.29, 1.82) is 0 Å². The van der Waals surface area contributed by atoms with Gasteiger partial charge in [-0.1, -0.05) is 29.3 Å². The maximum atomic E-state index is 12.3. The molecule has 0 amide bonds. The number of hydrogen-bond donors (Lipinski definition) is 0. The second kappa shape index (κ2) is 6.03. The number of carbonyl (C=O) groups is 1. The van der Waals surface area contributed by atoms with E-state index in [4.69, 9.17) is 32.7 Å². The first-order valence-corrected chi connectivity index (χ1v) is 7.50. The van der Waals surface area contributed by atoms with Gasteiger partial charge in [-0.05, 0) is 42.8 Å². The molecule has 0 aliphatic carbocycles. The van der Waals surface area contributed by atoms with Crippen molar-refractivity contribution in [2.75, 3.05) is 6.61 Å². The Morgan fingerprint density at radius 1 is 1.14 bits per heavy atom. The zero-order valence-corrected chi connectivity index (χ0v) is 13.2. The summed E-state index contributed by atoms with van der Waals surface area (Å²) in [6.07, 6.45) is 1.64.